The molecule has 1 aromatic carbocycles. The molecule has 0 saturated carbocycles. The Morgan fingerprint density at radius 3 is 2.73 bits per heavy atom. The number of benzene rings is 1. The van der Waals surface area contributed by atoms with E-state index >= 15 is 0 Å². The van der Waals surface area contributed by atoms with Gasteiger partial charge < -0.3 is 5.73 Å². The summed E-state index contributed by atoms with van der Waals surface area (Å²) in [5.41, 5.74) is 9.95. The number of aromatic nitrogens is 6. The number of hydrogen-bond donors (Lipinski definition) is 2. The van der Waals surface area contributed by atoms with Crippen LogP contribution in [0.4, 0.5) is 5.82 Å². The Morgan fingerprint density at radius 1 is 1.23 bits per heavy atom. The number of nitrogen functional groups attached to an aromatic ring is 1. The van der Waals surface area contributed by atoms with Gasteiger partial charge in [0.05, 0.1) is 16.7 Å². The average molecular weight is 365 g/mol. The summed E-state index contributed by atoms with van der Waals surface area (Å²) in [7, 11) is 1.82. The zero-order chi connectivity index (χ0) is 18.4. The Hall–Kier alpha value is -3.44. The number of halogens is 1. The first kappa shape index (κ1) is 16.1. The highest BCUT2D eigenvalue weighted by atomic mass is 35.5. The largest absolute Gasteiger partial charge is 0.381 e. The lowest BCUT2D eigenvalue weighted by atomic mass is 10.0. The van der Waals surface area contributed by atoms with Crippen molar-refractivity contribution in [1.29, 1.82) is 5.26 Å². The number of nitrogens with one attached hydrogen (secondary N) is 1. The van der Waals surface area contributed by atoms with Gasteiger partial charge in [-0.3, -0.25) is 9.78 Å². The van der Waals surface area contributed by atoms with Gasteiger partial charge in [0.25, 0.3) is 0 Å². The third-order valence-corrected chi connectivity index (χ3v) is 4.34. The SMILES string of the molecule is Cc1cn(C)nc1-c1nc(N)c(C#N)nc1-c1cc(Cl)c2[nH]ncc2c1. The summed E-state index contributed by atoms with van der Waals surface area (Å²) in [6.45, 7) is 1.93. The molecule has 26 heavy (non-hydrogen) atoms. The van der Waals surface area contributed by atoms with Crippen molar-refractivity contribution in [3.05, 3.63) is 40.8 Å². The number of aryl methyl sites for hydroxylation is 2. The lowest BCUT2D eigenvalue weighted by Gasteiger charge is -2.10. The van der Waals surface area contributed by atoms with Gasteiger partial charge >= 0.3 is 0 Å². The second kappa shape index (κ2) is 5.82. The summed E-state index contributed by atoms with van der Waals surface area (Å²) < 4.78 is 1.69. The number of nitrogens with two attached hydrogens (primary N) is 1. The van der Waals surface area contributed by atoms with Crippen LogP contribution in [0.1, 0.15) is 11.3 Å². The molecule has 0 aliphatic carbocycles. The Morgan fingerprint density at radius 2 is 2.04 bits per heavy atom. The van der Waals surface area contributed by atoms with Crippen molar-refractivity contribution in [2.24, 2.45) is 7.05 Å². The van der Waals surface area contributed by atoms with Crippen LogP contribution in [0.15, 0.2) is 24.5 Å². The summed E-state index contributed by atoms with van der Waals surface area (Å²) >= 11 is 6.36. The number of nitriles is 1. The van der Waals surface area contributed by atoms with Gasteiger partial charge in [0.2, 0.25) is 0 Å². The molecule has 4 aromatic rings. The molecule has 0 fully saturated rings. The molecule has 3 N–H and O–H groups in total. The van der Waals surface area contributed by atoms with Crippen molar-refractivity contribution in [3.8, 4) is 28.7 Å². The van der Waals surface area contributed by atoms with Crippen LogP contribution in [-0.4, -0.2) is 29.9 Å². The lowest BCUT2D eigenvalue weighted by molar-refractivity contribution is 0.769. The van der Waals surface area contributed by atoms with E-state index in [0.717, 1.165) is 16.5 Å². The molecule has 0 bridgehead atoms. The second-order valence-corrected chi connectivity index (χ2v) is 6.30. The first-order valence-electron chi connectivity index (χ1n) is 7.69. The Labute approximate surface area is 153 Å². The first-order valence-corrected chi connectivity index (χ1v) is 8.07. The van der Waals surface area contributed by atoms with E-state index in [9.17, 15) is 5.26 Å². The maximum atomic E-state index is 9.31. The van der Waals surface area contributed by atoms with Gasteiger partial charge in [0.15, 0.2) is 11.5 Å². The van der Waals surface area contributed by atoms with Crippen LogP contribution in [-0.2, 0) is 7.05 Å². The van der Waals surface area contributed by atoms with Crippen LogP contribution in [0.25, 0.3) is 33.5 Å². The second-order valence-electron chi connectivity index (χ2n) is 5.89. The quantitative estimate of drug-likeness (QED) is 0.564. The van der Waals surface area contributed by atoms with E-state index in [-0.39, 0.29) is 11.5 Å². The summed E-state index contributed by atoms with van der Waals surface area (Å²) in [6, 6.07) is 5.61. The number of rotatable bonds is 2. The van der Waals surface area contributed by atoms with Crippen molar-refractivity contribution in [2.75, 3.05) is 5.73 Å². The molecule has 9 heteroatoms. The van der Waals surface area contributed by atoms with Crippen molar-refractivity contribution in [2.45, 2.75) is 6.92 Å². The molecule has 128 valence electrons. The number of fused-ring (bicyclic) bond motifs is 1. The highest BCUT2D eigenvalue weighted by molar-refractivity contribution is 6.35. The molecule has 0 atom stereocenters. The van der Waals surface area contributed by atoms with E-state index in [1.165, 1.54) is 0 Å². The predicted molar refractivity (Wildman–Crippen MR) is 98.2 cm³/mol. The number of aromatic amines is 1. The van der Waals surface area contributed by atoms with Gasteiger partial charge in [-0.05, 0) is 24.6 Å². The Balaban J connectivity index is 2.05. The molecule has 3 aromatic heterocycles. The molecule has 0 radical (unpaired) electrons. The summed E-state index contributed by atoms with van der Waals surface area (Å²) in [4.78, 5) is 8.85. The smallest absolute Gasteiger partial charge is 0.183 e. The predicted octanol–water partition coefficient (Wildman–Crippen LogP) is 2.84. The minimum absolute atomic E-state index is 0.0562. The van der Waals surface area contributed by atoms with Crippen LogP contribution >= 0.6 is 11.6 Å². The standard InChI is InChI=1S/C17H13ClN8/c1-8-7-26(2)25-13(8)16-15(22-12(5-19)17(20)23-16)9-3-10-6-21-24-14(10)11(18)4-9/h3-4,6-7H,1-2H3,(H2,20,23)(H,21,24). The van der Waals surface area contributed by atoms with Gasteiger partial charge in [-0.25, -0.2) is 9.97 Å². The fourth-order valence-corrected chi connectivity index (χ4v) is 3.16. The average Bonchev–Trinajstić information content (AvgIpc) is 3.20. The van der Waals surface area contributed by atoms with Crippen molar-refractivity contribution in [1.82, 2.24) is 29.9 Å². The number of anilines is 1. The number of hydrogen-bond acceptors (Lipinski definition) is 6. The molecule has 0 amide bonds. The normalized spacial score (nSPS) is 11.0. The molecular formula is C17H13ClN8. The third kappa shape index (κ3) is 2.46. The molecule has 8 nitrogen and oxygen atoms in total. The Bertz CT molecular complexity index is 1200. The van der Waals surface area contributed by atoms with Crippen LogP contribution in [0.3, 0.4) is 0 Å². The number of H-pyrrole nitrogens is 1. The fourth-order valence-electron chi connectivity index (χ4n) is 2.89. The van der Waals surface area contributed by atoms with E-state index in [0.29, 0.717) is 27.7 Å². The summed E-state index contributed by atoms with van der Waals surface area (Å²) in [6.07, 6.45) is 3.55. The molecule has 0 aliphatic heterocycles. The minimum atomic E-state index is 0.0562. The molecule has 0 saturated heterocycles. The van der Waals surface area contributed by atoms with Crippen molar-refractivity contribution in [3.63, 3.8) is 0 Å². The van der Waals surface area contributed by atoms with Crippen LogP contribution in [0.5, 0.6) is 0 Å². The maximum absolute atomic E-state index is 9.31. The van der Waals surface area contributed by atoms with Crippen LogP contribution in [0, 0.1) is 18.3 Å². The zero-order valence-electron chi connectivity index (χ0n) is 13.9. The van der Waals surface area contributed by atoms with E-state index in [2.05, 4.69) is 25.3 Å². The lowest BCUT2D eigenvalue weighted by Crippen LogP contribution is -2.04. The van der Waals surface area contributed by atoms with Crippen molar-refractivity contribution >= 4 is 28.3 Å². The van der Waals surface area contributed by atoms with E-state index in [4.69, 9.17) is 17.3 Å². The van der Waals surface area contributed by atoms with E-state index < -0.39 is 0 Å². The van der Waals surface area contributed by atoms with Crippen molar-refractivity contribution < 1.29 is 0 Å². The molecular weight excluding hydrogens is 352 g/mol. The van der Waals surface area contributed by atoms with Crippen LogP contribution < -0.4 is 5.73 Å². The van der Waals surface area contributed by atoms with Gasteiger partial charge in [-0.1, -0.05) is 11.6 Å². The van der Waals surface area contributed by atoms with Gasteiger partial charge in [-0.2, -0.15) is 15.5 Å². The molecule has 0 unspecified atom stereocenters. The molecule has 3 heterocycles. The number of nitrogens with zero attached hydrogens (tertiary/aromatic N) is 6. The summed E-state index contributed by atoms with van der Waals surface area (Å²) in [5.74, 6) is 0.0618. The van der Waals surface area contributed by atoms with Crippen LogP contribution in [0.2, 0.25) is 5.02 Å². The zero-order valence-corrected chi connectivity index (χ0v) is 14.7. The first-order chi connectivity index (χ1) is 12.5. The molecule has 4 rings (SSSR count). The fraction of sp³-hybridized carbons (Fsp3) is 0.118. The highest BCUT2D eigenvalue weighted by Gasteiger charge is 2.20. The monoisotopic (exact) mass is 364 g/mol. The molecule has 0 spiro atoms. The van der Waals surface area contributed by atoms with Gasteiger partial charge in [-0.15, -0.1) is 0 Å². The minimum Gasteiger partial charge on any atom is -0.381 e. The van der Waals surface area contributed by atoms with Gasteiger partial charge in [0, 0.05) is 24.2 Å². The topological polar surface area (TPSA) is 122 Å². The highest BCUT2D eigenvalue weighted by Crippen LogP contribution is 2.35. The summed E-state index contributed by atoms with van der Waals surface area (Å²) in [5, 5.41) is 22.0. The third-order valence-electron chi connectivity index (χ3n) is 4.04. The van der Waals surface area contributed by atoms with Gasteiger partial charge in [0.1, 0.15) is 23.2 Å². The maximum Gasteiger partial charge on any atom is 0.183 e. The van der Waals surface area contributed by atoms with E-state index in [1.54, 1.807) is 16.9 Å². The van der Waals surface area contributed by atoms with E-state index in [1.807, 2.05) is 32.3 Å². The Kier molecular flexibility index (Phi) is 3.60. The molecule has 0 aliphatic rings.